The number of aromatic carboxylic acids is 1. The molecular weight excluding hydrogens is 196 g/mol. The van der Waals surface area contributed by atoms with E-state index in [1.54, 1.807) is 0 Å². The number of hydrogen-bond acceptors (Lipinski definition) is 3. The standard InChI is InChI=1S/C11H16O4/c1-7(2)3-4-9-10(11(13)14)8(5-12)6-15-9/h6-7,12H,3-5H2,1-2H3,(H,13,14). The summed E-state index contributed by atoms with van der Waals surface area (Å²) in [5, 5.41) is 17.9. The topological polar surface area (TPSA) is 70.7 Å². The van der Waals surface area contributed by atoms with Crippen molar-refractivity contribution in [1.29, 1.82) is 0 Å². The summed E-state index contributed by atoms with van der Waals surface area (Å²) in [5.74, 6) is -0.0823. The zero-order valence-electron chi connectivity index (χ0n) is 8.99. The minimum Gasteiger partial charge on any atom is -0.478 e. The third kappa shape index (κ3) is 2.83. The van der Waals surface area contributed by atoms with Gasteiger partial charge in [0.25, 0.3) is 0 Å². The van der Waals surface area contributed by atoms with Gasteiger partial charge in [0.1, 0.15) is 11.3 Å². The van der Waals surface area contributed by atoms with Gasteiger partial charge in [0.05, 0.1) is 12.9 Å². The molecule has 0 amide bonds. The molecule has 1 heterocycles. The van der Waals surface area contributed by atoms with Crippen molar-refractivity contribution in [1.82, 2.24) is 0 Å². The van der Waals surface area contributed by atoms with Crippen LogP contribution in [0.1, 0.15) is 41.9 Å². The van der Waals surface area contributed by atoms with E-state index in [-0.39, 0.29) is 12.2 Å². The highest BCUT2D eigenvalue weighted by Gasteiger charge is 2.19. The minimum absolute atomic E-state index is 0.123. The molecule has 1 rings (SSSR count). The van der Waals surface area contributed by atoms with Crippen molar-refractivity contribution in [3.05, 3.63) is 23.2 Å². The van der Waals surface area contributed by atoms with Gasteiger partial charge >= 0.3 is 5.97 Å². The Morgan fingerprint density at radius 1 is 1.53 bits per heavy atom. The molecule has 0 aliphatic heterocycles. The molecule has 4 heteroatoms. The number of furan rings is 1. The fraction of sp³-hybridized carbons (Fsp3) is 0.545. The van der Waals surface area contributed by atoms with E-state index in [0.717, 1.165) is 6.42 Å². The monoisotopic (exact) mass is 212 g/mol. The summed E-state index contributed by atoms with van der Waals surface area (Å²) in [4.78, 5) is 10.9. The Morgan fingerprint density at radius 3 is 2.67 bits per heavy atom. The first-order valence-electron chi connectivity index (χ1n) is 4.99. The molecule has 0 radical (unpaired) electrons. The van der Waals surface area contributed by atoms with E-state index in [1.165, 1.54) is 6.26 Å². The number of hydrogen-bond donors (Lipinski definition) is 2. The first-order valence-corrected chi connectivity index (χ1v) is 4.99. The van der Waals surface area contributed by atoms with Gasteiger partial charge in [-0.05, 0) is 12.3 Å². The molecule has 2 N–H and O–H groups in total. The fourth-order valence-corrected chi connectivity index (χ4v) is 1.42. The molecule has 0 spiro atoms. The molecule has 4 nitrogen and oxygen atoms in total. The smallest absolute Gasteiger partial charge is 0.339 e. The van der Waals surface area contributed by atoms with Crippen LogP contribution in [0, 0.1) is 5.92 Å². The zero-order chi connectivity index (χ0) is 11.4. The lowest BCUT2D eigenvalue weighted by atomic mass is 10.0. The van der Waals surface area contributed by atoms with Crippen LogP contribution in [-0.2, 0) is 13.0 Å². The van der Waals surface area contributed by atoms with E-state index in [2.05, 4.69) is 13.8 Å². The van der Waals surface area contributed by atoms with Crippen molar-refractivity contribution in [3.63, 3.8) is 0 Å². The molecule has 0 aromatic carbocycles. The number of carbonyl (C=O) groups is 1. The van der Waals surface area contributed by atoms with Gasteiger partial charge in [-0.3, -0.25) is 0 Å². The van der Waals surface area contributed by atoms with Crippen LogP contribution >= 0.6 is 0 Å². The summed E-state index contributed by atoms with van der Waals surface area (Å²) >= 11 is 0. The van der Waals surface area contributed by atoms with Crippen molar-refractivity contribution in [2.75, 3.05) is 0 Å². The number of aliphatic hydroxyl groups is 1. The van der Waals surface area contributed by atoms with Gasteiger partial charge in [0, 0.05) is 12.0 Å². The Labute approximate surface area is 88.5 Å². The predicted molar refractivity (Wildman–Crippen MR) is 54.7 cm³/mol. The van der Waals surface area contributed by atoms with Crippen molar-refractivity contribution < 1.29 is 19.4 Å². The summed E-state index contributed by atoms with van der Waals surface area (Å²) in [6, 6.07) is 0. The van der Waals surface area contributed by atoms with Crippen LogP contribution in [0.5, 0.6) is 0 Å². The van der Waals surface area contributed by atoms with Crippen LogP contribution in [-0.4, -0.2) is 16.2 Å². The summed E-state index contributed by atoms with van der Waals surface area (Å²) in [5.41, 5.74) is 0.472. The highest BCUT2D eigenvalue weighted by molar-refractivity contribution is 5.90. The Bertz CT molecular complexity index is 338. The van der Waals surface area contributed by atoms with Crippen LogP contribution in [0.4, 0.5) is 0 Å². The minimum atomic E-state index is -1.04. The van der Waals surface area contributed by atoms with Gasteiger partial charge < -0.3 is 14.6 Å². The van der Waals surface area contributed by atoms with Crippen LogP contribution in [0.2, 0.25) is 0 Å². The largest absolute Gasteiger partial charge is 0.478 e. The average molecular weight is 212 g/mol. The lowest BCUT2D eigenvalue weighted by Gasteiger charge is -2.03. The highest BCUT2D eigenvalue weighted by atomic mass is 16.4. The quantitative estimate of drug-likeness (QED) is 0.783. The zero-order valence-corrected chi connectivity index (χ0v) is 8.99. The molecular formula is C11H16O4. The molecule has 15 heavy (non-hydrogen) atoms. The first-order chi connectivity index (χ1) is 7.06. The molecule has 0 aliphatic rings. The average Bonchev–Trinajstić information content (AvgIpc) is 2.57. The number of aryl methyl sites for hydroxylation is 1. The number of rotatable bonds is 5. The van der Waals surface area contributed by atoms with E-state index >= 15 is 0 Å². The third-order valence-corrected chi connectivity index (χ3v) is 2.28. The summed E-state index contributed by atoms with van der Waals surface area (Å²) in [7, 11) is 0. The lowest BCUT2D eigenvalue weighted by molar-refractivity contribution is 0.0691. The fourth-order valence-electron chi connectivity index (χ4n) is 1.42. The molecule has 0 saturated heterocycles. The maximum atomic E-state index is 10.9. The highest BCUT2D eigenvalue weighted by Crippen LogP contribution is 2.20. The van der Waals surface area contributed by atoms with Gasteiger partial charge in [-0.1, -0.05) is 13.8 Å². The van der Waals surface area contributed by atoms with Gasteiger partial charge in [-0.15, -0.1) is 0 Å². The van der Waals surface area contributed by atoms with Crippen molar-refractivity contribution >= 4 is 5.97 Å². The second-order valence-electron chi connectivity index (χ2n) is 3.95. The van der Waals surface area contributed by atoms with Crippen LogP contribution in [0.25, 0.3) is 0 Å². The van der Waals surface area contributed by atoms with Crippen LogP contribution in [0.15, 0.2) is 10.7 Å². The normalized spacial score (nSPS) is 10.9. The van der Waals surface area contributed by atoms with E-state index < -0.39 is 5.97 Å². The molecule has 0 saturated carbocycles. The van der Waals surface area contributed by atoms with E-state index in [0.29, 0.717) is 23.7 Å². The second kappa shape index (κ2) is 4.98. The van der Waals surface area contributed by atoms with Crippen molar-refractivity contribution in [2.24, 2.45) is 5.92 Å². The molecule has 0 unspecified atom stereocenters. The summed E-state index contributed by atoms with van der Waals surface area (Å²) < 4.78 is 5.16. The Hall–Kier alpha value is -1.29. The lowest BCUT2D eigenvalue weighted by Crippen LogP contribution is -2.04. The molecule has 1 aromatic rings. The number of carboxylic acid groups (broad SMARTS) is 1. The third-order valence-electron chi connectivity index (χ3n) is 2.28. The van der Waals surface area contributed by atoms with Crippen LogP contribution in [0.3, 0.4) is 0 Å². The SMILES string of the molecule is CC(C)CCc1occ(CO)c1C(=O)O. The number of carboxylic acids is 1. The maximum Gasteiger partial charge on any atom is 0.339 e. The maximum absolute atomic E-state index is 10.9. The molecule has 0 aliphatic carbocycles. The second-order valence-corrected chi connectivity index (χ2v) is 3.95. The van der Waals surface area contributed by atoms with Gasteiger partial charge in [0.2, 0.25) is 0 Å². The molecule has 84 valence electrons. The molecule has 0 atom stereocenters. The Kier molecular flexibility index (Phi) is 3.91. The summed E-state index contributed by atoms with van der Waals surface area (Å²) in [6.07, 6.45) is 2.79. The van der Waals surface area contributed by atoms with E-state index in [9.17, 15) is 4.79 Å². The molecule has 0 bridgehead atoms. The summed E-state index contributed by atoms with van der Waals surface area (Å²) in [6.45, 7) is 3.83. The first kappa shape index (κ1) is 11.8. The Balaban J connectivity index is 2.87. The van der Waals surface area contributed by atoms with Crippen molar-refractivity contribution in [2.45, 2.75) is 33.3 Å². The number of aliphatic hydroxyl groups excluding tert-OH is 1. The van der Waals surface area contributed by atoms with Gasteiger partial charge in [0.15, 0.2) is 0 Å². The predicted octanol–water partition coefficient (Wildman–Crippen LogP) is 2.06. The molecule has 1 aromatic heterocycles. The van der Waals surface area contributed by atoms with Crippen LogP contribution < -0.4 is 0 Å². The van der Waals surface area contributed by atoms with E-state index in [1.807, 2.05) is 0 Å². The van der Waals surface area contributed by atoms with Gasteiger partial charge in [-0.2, -0.15) is 0 Å². The Morgan fingerprint density at radius 2 is 2.20 bits per heavy atom. The van der Waals surface area contributed by atoms with E-state index in [4.69, 9.17) is 14.6 Å². The molecule has 0 fully saturated rings. The van der Waals surface area contributed by atoms with Gasteiger partial charge in [-0.25, -0.2) is 4.79 Å². The van der Waals surface area contributed by atoms with Crippen molar-refractivity contribution in [3.8, 4) is 0 Å².